The number of hydrogen-bond donors (Lipinski definition) is 1. The third-order valence-corrected chi connectivity index (χ3v) is 4.91. The molecule has 0 amide bonds. The molecule has 0 spiro atoms. The zero-order chi connectivity index (χ0) is 16.9. The van der Waals surface area contributed by atoms with Crippen molar-refractivity contribution in [1.82, 2.24) is 10.3 Å². The Morgan fingerprint density at radius 3 is 2.56 bits per heavy atom. The second kappa shape index (κ2) is 7.66. The van der Waals surface area contributed by atoms with Crippen LogP contribution in [0.3, 0.4) is 0 Å². The lowest BCUT2D eigenvalue weighted by Gasteiger charge is -2.12. The van der Waals surface area contributed by atoms with Crippen LogP contribution in [-0.2, 0) is 12.8 Å². The lowest BCUT2D eigenvalue weighted by Crippen LogP contribution is -2.30. The van der Waals surface area contributed by atoms with Crippen LogP contribution in [0.2, 0.25) is 0 Å². The van der Waals surface area contributed by atoms with E-state index in [0.29, 0.717) is 6.04 Å². The van der Waals surface area contributed by atoms with Gasteiger partial charge in [0, 0.05) is 17.6 Å². The standard InChI is InChI=1S/C22H24N2O/c1-2-8-19-16-20(15-18(19)7-1)23-12-3-4-14-25-21-11-5-9-17-10-6-13-24-22(17)21/h1-2,5-11,13,20,23H,3-4,12,14-16H2. The molecule has 0 aliphatic heterocycles. The van der Waals surface area contributed by atoms with E-state index in [4.69, 9.17) is 4.74 Å². The summed E-state index contributed by atoms with van der Waals surface area (Å²) >= 11 is 0. The van der Waals surface area contributed by atoms with Gasteiger partial charge in [0.2, 0.25) is 0 Å². The van der Waals surface area contributed by atoms with E-state index < -0.39 is 0 Å². The first kappa shape index (κ1) is 16.1. The molecule has 0 saturated carbocycles. The highest BCUT2D eigenvalue weighted by Crippen LogP contribution is 2.23. The Kier molecular flexibility index (Phi) is 4.93. The first-order valence-corrected chi connectivity index (χ1v) is 9.17. The Bertz CT molecular complexity index is 816. The van der Waals surface area contributed by atoms with Crippen LogP contribution in [-0.4, -0.2) is 24.2 Å². The highest BCUT2D eigenvalue weighted by Gasteiger charge is 2.19. The van der Waals surface area contributed by atoms with Crippen LogP contribution in [0.1, 0.15) is 24.0 Å². The molecule has 0 saturated heterocycles. The molecule has 1 aliphatic rings. The molecule has 25 heavy (non-hydrogen) atoms. The quantitative estimate of drug-likeness (QED) is 0.660. The molecule has 0 radical (unpaired) electrons. The Hall–Kier alpha value is -2.39. The zero-order valence-electron chi connectivity index (χ0n) is 14.4. The van der Waals surface area contributed by atoms with Crippen molar-refractivity contribution >= 4 is 10.9 Å². The smallest absolute Gasteiger partial charge is 0.145 e. The molecule has 4 rings (SSSR count). The Labute approximate surface area is 149 Å². The predicted octanol–water partition coefficient (Wildman–Crippen LogP) is 4.15. The van der Waals surface area contributed by atoms with E-state index in [-0.39, 0.29) is 0 Å². The fourth-order valence-corrected chi connectivity index (χ4v) is 3.61. The van der Waals surface area contributed by atoms with Gasteiger partial charge in [-0.05, 0) is 55.5 Å². The van der Waals surface area contributed by atoms with E-state index in [2.05, 4.69) is 46.7 Å². The number of aromatic nitrogens is 1. The number of nitrogens with zero attached hydrogens (tertiary/aromatic N) is 1. The lowest BCUT2D eigenvalue weighted by molar-refractivity contribution is 0.307. The van der Waals surface area contributed by atoms with Gasteiger partial charge in [-0.25, -0.2) is 0 Å². The van der Waals surface area contributed by atoms with Gasteiger partial charge in [0.25, 0.3) is 0 Å². The van der Waals surface area contributed by atoms with Crippen LogP contribution < -0.4 is 10.1 Å². The van der Waals surface area contributed by atoms with E-state index in [1.54, 1.807) is 0 Å². The van der Waals surface area contributed by atoms with Gasteiger partial charge in [0.05, 0.1) is 6.61 Å². The highest BCUT2D eigenvalue weighted by atomic mass is 16.5. The molecule has 1 heterocycles. The average Bonchev–Trinajstić information content (AvgIpc) is 3.07. The molecule has 128 valence electrons. The summed E-state index contributed by atoms with van der Waals surface area (Å²) in [6, 6.07) is 19.5. The van der Waals surface area contributed by atoms with E-state index in [9.17, 15) is 0 Å². The Morgan fingerprint density at radius 2 is 1.72 bits per heavy atom. The maximum atomic E-state index is 5.95. The number of benzene rings is 2. The number of unbranched alkanes of at least 4 members (excludes halogenated alkanes) is 1. The third kappa shape index (κ3) is 3.83. The van der Waals surface area contributed by atoms with Crippen LogP contribution in [0.15, 0.2) is 60.8 Å². The van der Waals surface area contributed by atoms with Crippen molar-refractivity contribution in [2.24, 2.45) is 0 Å². The van der Waals surface area contributed by atoms with E-state index >= 15 is 0 Å². The average molecular weight is 332 g/mol. The highest BCUT2D eigenvalue weighted by molar-refractivity contribution is 5.84. The van der Waals surface area contributed by atoms with Gasteiger partial charge in [0.1, 0.15) is 11.3 Å². The summed E-state index contributed by atoms with van der Waals surface area (Å²) < 4.78 is 5.95. The first-order valence-electron chi connectivity index (χ1n) is 9.17. The molecule has 0 atom stereocenters. The van der Waals surface area contributed by atoms with E-state index in [0.717, 1.165) is 55.5 Å². The Morgan fingerprint density at radius 1 is 0.920 bits per heavy atom. The molecule has 0 bridgehead atoms. The maximum absolute atomic E-state index is 5.95. The molecule has 1 N–H and O–H groups in total. The minimum atomic E-state index is 0.598. The molecule has 0 fully saturated rings. The Balaban J connectivity index is 1.18. The van der Waals surface area contributed by atoms with Crippen LogP contribution in [0.25, 0.3) is 10.9 Å². The minimum absolute atomic E-state index is 0.598. The molecular formula is C22H24N2O. The SMILES string of the molecule is c1ccc2c(c1)CC(NCCCCOc1cccc3cccnc13)C2. The van der Waals surface area contributed by atoms with Gasteiger partial charge in [0.15, 0.2) is 0 Å². The largest absolute Gasteiger partial charge is 0.491 e. The monoisotopic (exact) mass is 332 g/mol. The summed E-state index contributed by atoms with van der Waals surface area (Å²) in [6.07, 6.45) is 6.32. The molecule has 1 aliphatic carbocycles. The first-order chi connectivity index (χ1) is 12.4. The van der Waals surface area contributed by atoms with Gasteiger partial charge in [-0.2, -0.15) is 0 Å². The molecule has 2 aromatic carbocycles. The summed E-state index contributed by atoms with van der Waals surface area (Å²) in [5, 5.41) is 4.82. The molecule has 3 aromatic rings. The number of rotatable bonds is 7. The number of nitrogens with one attached hydrogen (secondary N) is 1. The van der Waals surface area contributed by atoms with Gasteiger partial charge in [-0.3, -0.25) is 4.98 Å². The molecule has 3 nitrogen and oxygen atoms in total. The second-order valence-corrected chi connectivity index (χ2v) is 6.71. The van der Waals surface area contributed by atoms with Gasteiger partial charge < -0.3 is 10.1 Å². The van der Waals surface area contributed by atoms with Crippen LogP contribution >= 0.6 is 0 Å². The van der Waals surface area contributed by atoms with Crippen LogP contribution in [0, 0.1) is 0 Å². The van der Waals surface area contributed by atoms with Crippen molar-refractivity contribution < 1.29 is 4.74 Å². The molecule has 3 heteroatoms. The summed E-state index contributed by atoms with van der Waals surface area (Å²) in [6.45, 7) is 1.79. The van der Waals surface area contributed by atoms with Crippen LogP contribution in [0.4, 0.5) is 0 Å². The van der Waals surface area contributed by atoms with Gasteiger partial charge in [-0.1, -0.05) is 42.5 Å². The number of para-hydroxylation sites is 1. The van der Waals surface area contributed by atoms with E-state index in [1.165, 1.54) is 11.1 Å². The third-order valence-electron chi connectivity index (χ3n) is 4.91. The zero-order valence-corrected chi connectivity index (χ0v) is 14.4. The maximum Gasteiger partial charge on any atom is 0.145 e. The summed E-state index contributed by atoms with van der Waals surface area (Å²) in [5.41, 5.74) is 3.96. The second-order valence-electron chi connectivity index (χ2n) is 6.71. The molecule has 0 unspecified atom stereocenters. The fourth-order valence-electron chi connectivity index (χ4n) is 3.61. The molecular weight excluding hydrogens is 308 g/mol. The van der Waals surface area contributed by atoms with Crippen molar-refractivity contribution in [2.75, 3.05) is 13.2 Å². The van der Waals surface area contributed by atoms with Crippen molar-refractivity contribution in [3.63, 3.8) is 0 Å². The van der Waals surface area contributed by atoms with Crippen molar-refractivity contribution in [2.45, 2.75) is 31.7 Å². The molecule has 1 aromatic heterocycles. The predicted molar refractivity (Wildman–Crippen MR) is 102 cm³/mol. The van der Waals surface area contributed by atoms with E-state index in [1.807, 2.05) is 24.4 Å². The summed E-state index contributed by atoms with van der Waals surface area (Å²) in [4.78, 5) is 4.43. The number of hydrogen-bond acceptors (Lipinski definition) is 3. The topological polar surface area (TPSA) is 34.1 Å². The fraction of sp³-hybridized carbons (Fsp3) is 0.318. The number of ether oxygens (including phenoxy) is 1. The van der Waals surface area contributed by atoms with Gasteiger partial charge in [-0.15, -0.1) is 0 Å². The number of fused-ring (bicyclic) bond motifs is 2. The van der Waals surface area contributed by atoms with Crippen molar-refractivity contribution in [1.29, 1.82) is 0 Å². The summed E-state index contributed by atoms with van der Waals surface area (Å²) in [5.74, 6) is 0.886. The lowest BCUT2D eigenvalue weighted by atomic mass is 10.1. The van der Waals surface area contributed by atoms with Crippen molar-refractivity contribution in [3.05, 3.63) is 71.9 Å². The van der Waals surface area contributed by atoms with Crippen LogP contribution in [0.5, 0.6) is 5.75 Å². The normalized spacial score (nSPS) is 13.9. The van der Waals surface area contributed by atoms with Gasteiger partial charge >= 0.3 is 0 Å². The van der Waals surface area contributed by atoms with Crippen molar-refractivity contribution in [3.8, 4) is 5.75 Å². The summed E-state index contributed by atoms with van der Waals surface area (Å²) in [7, 11) is 0. The number of pyridine rings is 1. The minimum Gasteiger partial charge on any atom is -0.491 e.